The summed E-state index contributed by atoms with van der Waals surface area (Å²) >= 11 is 0. The first-order valence-electron chi connectivity index (χ1n) is 6.67. The van der Waals surface area contributed by atoms with Gasteiger partial charge in [0.2, 0.25) is 0 Å². The highest BCUT2D eigenvalue weighted by Crippen LogP contribution is 2.23. The highest BCUT2D eigenvalue weighted by Gasteiger charge is 2.09. The second kappa shape index (κ2) is 8.53. The molecule has 2 N–H and O–H groups in total. The van der Waals surface area contributed by atoms with Crippen molar-refractivity contribution in [3.63, 3.8) is 0 Å². The number of nitrogens with two attached hydrogens (primary N) is 1. The van der Waals surface area contributed by atoms with Gasteiger partial charge in [0.25, 0.3) is 0 Å². The van der Waals surface area contributed by atoms with Crippen molar-refractivity contribution in [3.05, 3.63) is 23.8 Å². The van der Waals surface area contributed by atoms with E-state index in [1.807, 2.05) is 0 Å². The van der Waals surface area contributed by atoms with Crippen LogP contribution in [0.5, 0.6) is 11.5 Å². The van der Waals surface area contributed by atoms with Crippen molar-refractivity contribution in [3.8, 4) is 11.5 Å². The lowest BCUT2D eigenvalue weighted by molar-refractivity contribution is 0.0978. The molecular formula is C15H23NO3. The van der Waals surface area contributed by atoms with Gasteiger partial charge in [-0.2, -0.15) is 0 Å². The molecule has 1 aromatic carbocycles. The summed E-state index contributed by atoms with van der Waals surface area (Å²) in [6, 6.07) is 5.27. The van der Waals surface area contributed by atoms with Gasteiger partial charge < -0.3 is 15.2 Å². The number of rotatable bonds is 9. The van der Waals surface area contributed by atoms with Crippen LogP contribution < -0.4 is 15.2 Å². The average Bonchev–Trinajstić information content (AvgIpc) is 2.46. The van der Waals surface area contributed by atoms with Crippen LogP contribution in [0.15, 0.2) is 18.2 Å². The molecule has 0 amide bonds. The van der Waals surface area contributed by atoms with Crippen molar-refractivity contribution in [2.45, 2.75) is 32.1 Å². The smallest absolute Gasteiger partial charge is 0.163 e. The van der Waals surface area contributed by atoms with Crippen LogP contribution in [0.25, 0.3) is 0 Å². The molecule has 0 saturated carbocycles. The van der Waals surface area contributed by atoms with Gasteiger partial charge in [0.1, 0.15) is 11.5 Å². The zero-order valence-corrected chi connectivity index (χ0v) is 11.8. The predicted molar refractivity (Wildman–Crippen MR) is 76.0 cm³/mol. The number of hydrogen-bond donors (Lipinski definition) is 1. The molecule has 0 heterocycles. The van der Waals surface area contributed by atoms with E-state index in [2.05, 4.69) is 0 Å². The third-order valence-corrected chi connectivity index (χ3v) is 3.03. The molecule has 19 heavy (non-hydrogen) atoms. The summed E-state index contributed by atoms with van der Waals surface area (Å²) in [7, 11) is 3.16. The molecule has 0 bridgehead atoms. The minimum absolute atomic E-state index is 0.130. The molecule has 0 aliphatic carbocycles. The number of ketones is 1. The molecule has 0 fully saturated rings. The maximum atomic E-state index is 12.1. The van der Waals surface area contributed by atoms with E-state index in [-0.39, 0.29) is 5.78 Å². The van der Waals surface area contributed by atoms with Crippen LogP contribution in [0.2, 0.25) is 0 Å². The number of unbranched alkanes of at least 4 members (excludes halogenated alkanes) is 3. The first-order valence-corrected chi connectivity index (χ1v) is 6.67. The molecular weight excluding hydrogens is 242 g/mol. The molecule has 0 aliphatic heterocycles. The molecule has 4 heteroatoms. The zero-order valence-electron chi connectivity index (χ0n) is 11.8. The lowest BCUT2D eigenvalue weighted by Crippen LogP contribution is -2.01. The Kier molecular flexibility index (Phi) is 6.97. The first-order chi connectivity index (χ1) is 9.21. The van der Waals surface area contributed by atoms with Gasteiger partial charge in [0.05, 0.1) is 14.2 Å². The summed E-state index contributed by atoms with van der Waals surface area (Å²) in [6.07, 6.45) is 4.62. The zero-order chi connectivity index (χ0) is 14.1. The highest BCUT2D eigenvalue weighted by atomic mass is 16.5. The molecule has 1 aromatic rings. The van der Waals surface area contributed by atoms with E-state index < -0.39 is 0 Å². The molecule has 0 saturated heterocycles. The van der Waals surface area contributed by atoms with Gasteiger partial charge in [0, 0.05) is 18.1 Å². The van der Waals surface area contributed by atoms with E-state index in [1.165, 1.54) is 0 Å². The predicted octanol–water partition coefficient (Wildman–Crippen LogP) is 2.80. The fourth-order valence-electron chi connectivity index (χ4n) is 1.90. The van der Waals surface area contributed by atoms with Gasteiger partial charge >= 0.3 is 0 Å². The number of methoxy groups -OCH3 is 2. The minimum atomic E-state index is 0.130. The number of carbonyl (C=O) groups excluding carboxylic acids is 1. The van der Waals surface area contributed by atoms with E-state index in [1.54, 1.807) is 32.4 Å². The monoisotopic (exact) mass is 265 g/mol. The van der Waals surface area contributed by atoms with Crippen LogP contribution in [-0.4, -0.2) is 26.5 Å². The van der Waals surface area contributed by atoms with Gasteiger partial charge in [0.15, 0.2) is 5.78 Å². The first kappa shape index (κ1) is 15.5. The van der Waals surface area contributed by atoms with Crippen molar-refractivity contribution < 1.29 is 14.3 Å². The number of Topliss-reactive ketones (excluding diaryl/α,β-unsaturated/α-hetero) is 1. The molecule has 1 rings (SSSR count). The van der Waals surface area contributed by atoms with Gasteiger partial charge in [-0.1, -0.05) is 12.8 Å². The van der Waals surface area contributed by atoms with Crippen molar-refractivity contribution in [2.75, 3.05) is 20.8 Å². The molecule has 0 aromatic heterocycles. The quantitative estimate of drug-likeness (QED) is 0.551. The van der Waals surface area contributed by atoms with E-state index >= 15 is 0 Å². The summed E-state index contributed by atoms with van der Waals surface area (Å²) in [5, 5.41) is 0. The Labute approximate surface area is 114 Å². The maximum absolute atomic E-state index is 12.1. The summed E-state index contributed by atoms with van der Waals surface area (Å²) in [5.74, 6) is 1.42. The van der Waals surface area contributed by atoms with Crippen molar-refractivity contribution in [1.82, 2.24) is 0 Å². The van der Waals surface area contributed by atoms with Gasteiger partial charge in [-0.25, -0.2) is 0 Å². The van der Waals surface area contributed by atoms with Crippen LogP contribution in [-0.2, 0) is 0 Å². The molecule has 4 nitrogen and oxygen atoms in total. The van der Waals surface area contributed by atoms with E-state index in [0.29, 0.717) is 23.5 Å². The van der Waals surface area contributed by atoms with E-state index in [0.717, 1.165) is 32.2 Å². The molecule has 106 valence electrons. The van der Waals surface area contributed by atoms with Crippen LogP contribution in [0, 0.1) is 0 Å². The van der Waals surface area contributed by atoms with Crippen LogP contribution in [0.4, 0.5) is 0 Å². The molecule has 0 atom stereocenters. The van der Waals surface area contributed by atoms with Gasteiger partial charge in [-0.3, -0.25) is 4.79 Å². The standard InChI is InChI=1S/C15H23NO3/c1-18-13-9-12(10-14(11-13)19-2)15(17)7-5-3-4-6-8-16/h9-11H,3-8,16H2,1-2H3. The Morgan fingerprint density at radius 3 is 2.11 bits per heavy atom. The second-order valence-corrected chi connectivity index (χ2v) is 4.48. The van der Waals surface area contributed by atoms with Crippen LogP contribution in [0.3, 0.4) is 0 Å². The third kappa shape index (κ3) is 5.30. The lowest BCUT2D eigenvalue weighted by Gasteiger charge is -2.07. The number of ether oxygens (including phenoxy) is 2. The van der Waals surface area contributed by atoms with E-state index in [4.69, 9.17) is 15.2 Å². The summed E-state index contributed by atoms with van der Waals surface area (Å²) < 4.78 is 10.3. The molecule has 0 aliphatic rings. The second-order valence-electron chi connectivity index (χ2n) is 4.48. The van der Waals surface area contributed by atoms with Crippen molar-refractivity contribution in [1.29, 1.82) is 0 Å². The fourth-order valence-corrected chi connectivity index (χ4v) is 1.90. The average molecular weight is 265 g/mol. The highest BCUT2D eigenvalue weighted by molar-refractivity contribution is 5.96. The number of carbonyl (C=O) groups is 1. The maximum Gasteiger partial charge on any atom is 0.163 e. The Bertz CT molecular complexity index is 382. The van der Waals surface area contributed by atoms with Gasteiger partial charge in [-0.15, -0.1) is 0 Å². The Morgan fingerprint density at radius 2 is 1.58 bits per heavy atom. The van der Waals surface area contributed by atoms with Crippen LogP contribution >= 0.6 is 0 Å². The molecule has 0 spiro atoms. The summed E-state index contributed by atoms with van der Waals surface area (Å²) in [6.45, 7) is 0.723. The topological polar surface area (TPSA) is 61.5 Å². The third-order valence-electron chi connectivity index (χ3n) is 3.03. The fraction of sp³-hybridized carbons (Fsp3) is 0.533. The molecule has 0 unspecified atom stereocenters. The van der Waals surface area contributed by atoms with Gasteiger partial charge in [-0.05, 0) is 31.5 Å². The number of hydrogen-bond acceptors (Lipinski definition) is 4. The summed E-state index contributed by atoms with van der Waals surface area (Å²) in [4.78, 5) is 12.1. The molecule has 0 radical (unpaired) electrons. The normalized spacial score (nSPS) is 10.3. The Hall–Kier alpha value is -1.55. The largest absolute Gasteiger partial charge is 0.497 e. The SMILES string of the molecule is COc1cc(OC)cc(C(=O)CCCCCCN)c1. The Morgan fingerprint density at radius 1 is 1.00 bits per heavy atom. The van der Waals surface area contributed by atoms with Crippen molar-refractivity contribution >= 4 is 5.78 Å². The lowest BCUT2D eigenvalue weighted by atomic mass is 10.0. The van der Waals surface area contributed by atoms with Crippen molar-refractivity contribution in [2.24, 2.45) is 5.73 Å². The minimum Gasteiger partial charge on any atom is -0.497 e. The van der Waals surface area contributed by atoms with Crippen LogP contribution in [0.1, 0.15) is 42.5 Å². The summed E-state index contributed by atoms with van der Waals surface area (Å²) in [5.41, 5.74) is 6.08. The Balaban J connectivity index is 2.55. The number of benzene rings is 1. The van der Waals surface area contributed by atoms with E-state index in [9.17, 15) is 4.79 Å².